The summed E-state index contributed by atoms with van der Waals surface area (Å²) in [5, 5.41) is 21.5. The van der Waals surface area contributed by atoms with Gasteiger partial charge in [-0.3, -0.25) is 5.32 Å². The minimum atomic E-state index is -2.00. The standard InChI is InChI=1S/C25H23BClNO9/c1-34-23(29)17-12-18(24(30)35-2)14-20(13-17)28-25(31)36-10-9-15-3-8-22(37-26(32)33)21(11-15)16-4-6-19(27)7-5-16/h3-8,11-14,32-33H,9-10H2,1-2H3,(H,28,31). The first kappa shape index (κ1) is 27.5. The Labute approximate surface area is 217 Å². The molecule has 37 heavy (non-hydrogen) atoms. The van der Waals surface area contributed by atoms with Crippen LogP contribution in [0.5, 0.6) is 5.75 Å². The van der Waals surface area contributed by atoms with Crippen molar-refractivity contribution < 1.29 is 43.3 Å². The molecule has 3 rings (SSSR count). The molecular formula is C25H23BClNO9. The number of ether oxygens (including phenoxy) is 3. The lowest BCUT2D eigenvalue weighted by Crippen LogP contribution is -2.21. The van der Waals surface area contributed by atoms with Gasteiger partial charge in [-0.25, -0.2) is 14.4 Å². The molecule has 0 heterocycles. The molecule has 0 saturated carbocycles. The van der Waals surface area contributed by atoms with E-state index in [1.807, 2.05) is 0 Å². The molecule has 3 N–H and O–H groups in total. The van der Waals surface area contributed by atoms with Crippen LogP contribution < -0.4 is 9.97 Å². The first-order chi connectivity index (χ1) is 17.7. The number of hydrogen-bond acceptors (Lipinski definition) is 9. The molecule has 0 aliphatic heterocycles. The predicted molar refractivity (Wildman–Crippen MR) is 136 cm³/mol. The van der Waals surface area contributed by atoms with E-state index in [0.29, 0.717) is 17.0 Å². The molecular weight excluding hydrogens is 505 g/mol. The van der Waals surface area contributed by atoms with Crippen molar-refractivity contribution in [3.8, 4) is 16.9 Å². The van der Waals surface area contributed by atoms with Gasteiger partial charge in [-0.05, 0) is 53.6 Å². The number of methoxy groups -OCH3 is 2. The Morgan fingerprint density at radius 3 is 2.08 bits per heavy atom. The zero-order valence-electron chi connectivity index (χ0n) is 19.9. The summed E-state index contributed by atoms with van der Waals surface area (Å²) in [5.41, 5.74) is 2.33. The van der Waals surface area contributed by atoms with E-state index in [9.17, 15) is 24.4 Å². The van der Waals surface area contributed by atoms with E-state index in [0.717, 1.165) is 11.1 Å². The van der Waals surface area contributed by atoms with Gasteiger partial charge in [0.1, 0.15) is 5.75 Å². The number of amides is 1. The maximum absolute atomic E-state index is 12.3. The van der Waals surface area contributed by atoms with E-state index < -0.39 is 25.4 Å². The Balaban J connectivity index is 1.69. The summed E-state index contributed by atoms with van der Waals surface area (Å²) in [7, 11) is 0.385. The van der Waals surface area contributed by atoms with E-state index in [1.165, 1.54) is 32.4 Å². The average molecular weight is 528 g/mol. The van der Waals surface area contributed by atoms with Crippen molar-refractivity contribution in [3.05, 3.63) is 82.4 Å². The summed E-state index contributed by atoms with van der Waals surface area (Å²) in [5.74, 6) is -1.15. The number of benzene rings is 3. The van der Waals surface area contributed by atoms with Gasteiger partial charge in [0.2, 0.25) is 0 Å². The molecule has 0 atom stereocenters. The fourth-order valence-electron chi connectivity index (χ4n) is 3.39. The number of carbonyl (C=O) groups is 3. The topological polar surface area (TPSA) is 141 Å². The first-order valence-electron chi connectivity index (χ1n) is 10.9. The maximum Gasteiger partial charge on any atom is 0.707 e. The first-order valence-corrected chi connectivity index (χ1v) is 11.2. The molecule has 1 amide bonds. The molecule has 10 nitrogen and oxygen atoms in total. The molecule has 0 bridgehead atoms. The molecule has 0 aliphatic carbocycles. The van der Waals surface area contributed by atoms with Crippen LogP contribution in [-0.2, 0) is 20.6 Å². The summed E-state index contributed by atoms with van der Waals surface area (Å²) in [6.07, 6.45) is -0.481. The molecule has 0 unspecified atom stereocenters. The Hall–Kier alpha value is -4.06. The fourth-order valence-corrected chi connectivity index (χ4v) is 3.52. The van der Waals surface area contributed by atoms with Crippen LogP contribution in [0.2, 0.25) is 5.02 Å². The van der Waals surface area contributed by atoms with Crippen LogP contribution in [0, 0.1) is 0 Å². The second kappa shape index (κ2) is 12.8. The van der Waals surface area contributed by atoms with E-state index in [-0.39, 0.29) is 29.2 Å². The summed E-state index contributed by atoms with van der Waals surface area (Å²) in [4.78, 5) is 36.2. The number of nitrogens with one attached hydrogen (secondary N) is 1. The summed E-state index contributed by atoms with van der Waals surface area (Å²) in [6, 6.07) is 15.9. The van der Waals surface area contributed by atoms with Gasteiger partial charge in [-0.1, -0.05) is 29.8 Å². The van der Waals surface area contributed by atoms with Gasteiger partial charge in [0, 0.05) is 22.7 Å². The Morgan fingerprint density at radius 1 is 0.892 bits per heavy atom. The predicted octanol–water partition coefficient (Wildman–Crippen LogP) is 3.72. The lowest BCUT2D eigenvalue weighted by atomic mass is 10.00. The molecule has 0 aliphatic rings. The monoisotopic (exact) mass is 527 g/mol. The fraction of sp³-hybridized carbons (Fsp3) is 0.160. The summed E-state index contributed by atoms with van der Waals surface area (Å²) < 4.78 is 19.7. The number of esters is 2. The normalized spacial score (nSPS) is 10.3. The van der Waals surface area contributed by atoms with Crippen molar-refractivity contribution >= 4 is 42.6 Å². The quantitative estimate of drug-likeness (QED) is 0.216. The molecule has 3 aromatic rings. The van der Waals surface area contributed by atoms with Crippen LogP contribution in [0.25, 0.3) is 11.1 Å². The van der Waals surface area contributed by atoms with Crippen molar-refractivity contribution in [2.24, 2.45) is 0 Å². The van der Waals surface area contributed by atoms with Gasteiger partial charge in [-0.2, -0.15) is 0 Å². The zero-order chi connectivity index (χ0) is 26.9. The van der Waals surface area contributed by atoms with E-state index >= 15 is 0 Å². The molecule has 0 radical (unpaired) electrons. The SMILES string of the molecule is COC(=O)c1cc(NC(=O)OCCc2ccc(OB(O)O)c(-c3ccc(Cl)cc3)c2)cc(C(=O)OC)c1. The molecule has 0 fully saturated rings. The van der Waals surface area contributed by atoms with Crippen molar-refractivity contribution in [1.29, 1.82) is 0 Å². The van der Waals surface area contributed by atoms with E-state index in [2.05, 4.69) is 14.8 Å². The second-order valence-corrected chi connectivity index (χ2v) is 8.01. The molecule has 192 valence electrons. The largest absolute Gasteiger partial charge is 0.707 e. The Morgan fingerprint density at radius 2 is 1.51 bits per heavy atom. The zero-order valence-corrected chi connectivity index (χ0v) is 20.7. The number of carbonyl (C=O) groups excluding carboxylic acids is 3. The van der Waals surface area contributed by atoms with E-state index in [4.69, 9.17) is 21.0 Å². The number of hydrogen-bond donors (Lipinski definition) is 3. The minimum Gasteiger partial charge on any atom is -0.512 e. The van der Waals surface area contributed by atoms with Crippen LogP contribution in [0.1, 0.15) is 26.3 Å². The van der Waals surface area contributed by atoms with Crippen LogP contribution in [-0.4, -0.2) is 56.2 Å². The third-order valence-electron chi connectivity index (χ3n) is 5.08. The van der Waals surface area contributed by atoms with Crippen molar-refractivity contribution in [1.82, 2.24) is 0 Å². The molecule has 0 spiro atoms. The van der Waals surface area contributed by atoms with Crippen molar-refractivity contribution in [3.63, 3.8) is 0 Å². The number of anilines is 1. The molecule has 0 aromatic heterocycles. The summed E-state index contributed by atoms with van der Waals surface area (Å²) >= 11 is 5.96. The minimum absolute atomic E-state index is 0.00469. The highest BCUT2D eigenvalue weighted by atomic mass is 35.5. The smallest absolute Gasteiger partial charge is 0.512 e. The highest BCUT2D eigenvalue weighted by molar-refractivity contribution is 6.34. The van der Waals surface area contributed by atoms with Crippen LogP contribution >= 0.6 is 11.6 Å². The molecule has 12 heteroatoms. The third-order valence-corrected chi connectivity index (χ3v) is 5.33. The Kier molecular flexibility index (Phi) is 9.50. The highest BCUT2D eigenvalue weighted by Gasteiger charge is 2.17. The lowest BCUT2D eigenvalue weighted by molar-refractivity contribution is 0.0599. The highest BCUT2D eigenvalue weighted by Crippen LogP contribution is 2.32. The van der Waals surface area contributed by atoms with Gasteiger partial charge < -0.3 is 28.9 Å². The van der Waals surface area contributed by atoms with Gasteiger partial charge in [-0.15, -0.1) is 0 Å². The molecule has 3 aromatic carbocycles. The average Bonchev–Trinajstić information content (AvgIpc) is 2.88. The molecule has 0 saturated heterocycles. The van der Waals surface area contributed by atoms with Crippen molar-refractivity contribution in [2.75, 3.05) is 26.1 Å². The second-order valence-electron chi connectivity index (χ2n) is 7.57. The van der Waals surface area contributed by atoms with Crippen LogP contribution in [0.15, 0.2) is 60.7 Å². The van der Waals surface area contributed by atoms with Crippen LogP contribution in [0.4, 0.5) is 10.5 Å². The van der Waals surface area contributed by atoms with Gasteiger partial charge in [0.15, 0.2) is 0 Å². The Bertz CT molecular complexity index is 1250. The lowest BCUT2D eigenvalue weighted by Gasteiger charge is -2.14. The van der Waals surface area contributed by atoms with Gasteiger partial charge >= 0.3 is 25.4 Å². The number of rotatable bonds is 9. The summed E-state index contributed by atoms with van der Waals surface area (Å²) in [6.45, 7) is -0.00469. The van der Waals surface area contributed by atoms with Gasteiger partial charge in [0.25, 0.3) is 0 Å². The van der Waals surface area contributed by atoms with Gasteiger partial charge in [0.05, 0.1) is 32.0 Å². The third kappa shape index (κ3) is 7.71. The maximum atomic E-state index is 12.3. The van der Waals surface area contributed by atoms with Crippen LogP contribution in [0.3, 0.4) is 0 Å². The number of halogens is 1. The van der Waals surface area contributed by atoms with E-state index in [1.54, 1.807) is 42.5 Å². The van der Waals surface area contributed by atoms with Crippen molar-refractivity contribution in [2.45, 2.75) is 6.42 Å².